The van der Waals surface area contributed by atoms with Gasteiger partial charge in [0.25, 0.3) is 5.56 Å². The van der Waals surface area contributed by atoms with Crippen molar-refractivity contribution in [2.75, 3.05) is 4.90 Å². The Bertz CT molecular complexity index is 1540. The van der Waals surface area contributed by atoms with Gasteiger partial charge >= 0.3 is 0 Å². The predicted molar refractivity (Wildman–Crippen MR) is 131 cm³/mol. The first-order chi connectivity index (χ1) is 16.0. The van der Waals surface area contributed by atoms with Crippen LogP contribution in [0.15, 0.2) is 130 Å². The number of aromatic amines is 1. The van der Waals surface area contributed by atoms with Crippen molar-refractivity contribution in [3.05, 3.63) is 126 Å². The van der Waals surface area contributed by atoms with Gasteiger partial charge in [0.05, 0.1) is 10.4 Å². The molecule has 0 spiro atoms. The van der Waals surface area contributed by atoms with Gasteiger partial charge in [-0.1, -0.05) is 60.7 Å². The van der Waals surface area contributed by atoms with Crippen molar-refractivity contribution in [2.24, 2.45) is 0 Å². The summed E-state index contributed by atoms with van der Waals surface area (Å²) in [5, 5.41) is 0.633. The average molecular weight is 453 g/mol. The molecule has 0 aliphatic heterocycles. The zero-order chi connectivity index (χ0) is 22.8. The summed E-state index contributed by atoms with van der Waals surface area (Å²) in [6.07, 6.45) is 0. The van der Waals surface area contributed by atoms with E-state index in [0.29, 0.717) is 10.9 Å². The maximum atomic E-state index is 13.0. The Kier molecular flexibility index (Phi) is 5.28. The molecule has 33 heavy (non-hydrogen) atoms. The molecule has 0 saturated heterocycles. The van der Waals surface area contributed by atoms with Gasteiger partial charge in [0.2, 0.25) is 9.84 Å². The van der Waals surface area contributed by atoms with E-state index >= 15 is 0 Å². The number of benzene rings is 4. The predicted octanol–water partition coefficient (Wildman–Crippen LogP) is 5.83. The topological polar surface area (TPSA) is 70.2 Å². The van der Waals surface area contributed by atoms with Crippen LogP contribution in [0.25, 0.3) is 10.9 Å². The third-order valence-electron chi connectivity index (χ3n) is 5.43. The molecule has 5 rings (SSSR count). The fourth-order valence-electron chi connectivity index (χ4n) is 3.84. The fraction of sp³-hybridized carbons (Fsp3) is 0. The van der Waals surface area contributed by atoms with Gasteiger partial charge < -0.3 is 9.88 Å². The van der Waals surface area contributed by atoms with Crippen molar-refractivity contribution in [3.63, 3.8) is 0 Å². The second-order valence-corrected chi connectivity index (χ2v) is 9.48. The number of sulfone groups is 1. The van der Waals surface area contributed by atoms with Crippen molar-refractivity contribution in [1.82, 2.24) is 4.98 Å². The van der Waals surface area contributed by atoms with Gasteiger partial charge in [0.1, 0.15) is 4.90 Å². The SMILES string of the molecule is O=c1[nH]c2cc(N(c3ccccc3)c3ccccc3)ccc2cc1S(=O)(=O)c1ccccc1. The summed E-state index contributed by atoms with van der Waals surface area (Å²) in [7, 11) is -3.93. The lowest BCUT2D eigenvalue weighted by Crippen LogP contribution is -2.18. The van der Waals surface area contributed by atoms with E-state index in [4.69, 9.17) is 0 Å². The third-order valence-corrected chi connectivity index (χ3v) is 7.20. The molecule has 162 valence electrons. The number of hydrogen-bond acceptors (Lipinski definition) is 4. The van der Waals surface area contributed by atoms with Crippen LogP contribution in [0.4, 0.5) is 17.1 Å². The molecular formula is C27H20N2O3S. The second-order valence-electron chi connectivity index (χ2n) is 7.56. The molecule has 0 aliphatic carbocycles. The standard InChI is InChI=1S/C27H20N2O3S/c30-27-26(33(31,32)24-14-8-3-9-15-24)18-20-16-17-23(19-25(20)28-27)29(21-10-4-1-5-11-21)22-12-6-2-7-13-22/h1-19H,(H,28,30). The van der Waals surface area contributed by atoms with E-state index in [-0.39, 0.29) is 9.79 Å². The van der Waals surface area contributed by atoms with E-state index in [1.54, 1.807) is 18.2 Å². The molecule has 0 radical (unpaired) electrons. The Morgan fingerprint density at radius 2 is 1.15 bits per heavy atom. The van der Waals surface area contributed by atoms with Crippen LogP contribution in [-0.2, 0) is 9.84 Å². The second kappa shape index (κ2) is 8.41. The lowest BCUT2D eigenvalue weighted by molar-refractivity contribution is 0.595. The molecule has 5 nitrogen and oxygen atoms in total. The molecule has 1 aromatic heterocycles. The molecule has 0 atom stereocenters. The number of aromatic nitrogens is 1. The zero-order valence-corrected chi connectivity index (χ0v) is 18.4. The number of para-hydroxylation sites is 2. The van der Waals surface area contributed by atoms with Gasteiger partial charge in [-0.15, -0.1) is 0 Å². The summed E-state index contributed by atoms with van der Waals surface area (Å²) in [5.41, 5.74) is 2.69. The molecule has 0 saturated carbocycles. The molecule has 0 aliphatic rings. The minimum atomic E-state index is -3.93. The first kappa shape index (κ1) is 20.7. The summed E-state index contributed by atoms with van der Waals surface area (Å²) in [5.74, 6) is 0. The van der Waals surface area contributed by atoms with E-state index in [9.17, 15) is 13.2 Å². The number of rotatable bonds is 5. The third kappa shape index (κ3) is 3.92. The maximum Gasteiger partial charge on any atom is 0.267 e. The van der Waals surface area contributed by atoms with Gasteiger partial charge in [0.15, 0.2) is 0 Å². The highest BCUT2D eigenvalue weighted by Crippen LogP contribution is 2.35. The highest BCUT2D eigenvalue weighted by Gasteiger charge is 2.22. The molecule has 4 aromatic carbocycles. The zero-order valence-electron chi connectivity index (χ0n) is 17.5. The minimum absolute atomic E-state index is 0.0887. The number of hydrogen-bond donors (Lipinski definition) is 1. The van der Waals surface area contributed by atoms with Crippen molar-refractivity contribution < 1.29 is 8.42 Å². The molecule has 0 fully saturated rings. The number of nitrogens with zero attached hydrogens (tertiary/aromatic N) is 1. The Balaban J connectivity index is 1.65. The largest absolute Gasteiger partial charge is 0.321 e. The number of H-pyrrole nitrogens is 1. The number of fused-ring (bicyclic) bond motifs is 1. The van der Waals surface area contributed by atoms with Crippen molar-refractivity contribution >= 4 is 37.8 Å². The van der Waals surface area contributed by atoms with Crippen LogP contribution in [0.1, 0.15) is 0 Å². The van der Waals surface area contributed by atoms with Crippen LogP contribution >= 0.6 is 0 Å². The van der Waals surface area contributed by atoms with Crippen molar-refractivity contribution in [2.45, 2.75) is 9.79 Å². The molecule has 0 bridgehead atoms. The average Bonchev–Trinajstić information content (AvgIpc) is 2.85. The Hall–Kier alpha value is -4.16. The van der Waals surface area contributed by atoms with Crippen LogP contribution in [0, 0.1) is 0 Å². The Morgan fingerprint density at radius 3 is 1.73 bits per heavy atom. The number of anilines is 3. The van der Waals surface area contributed by atoms with Gasteiger partial charge in [-0.2, -0.15) is 0 Å². The number of pyridine rings is 1. The van der Waals surface area contributed by atoms with E-state index in [1.807, 2.05) is 78.9 Å². The van der Waals surface area contributed by atoms with Crippen LogP contribution in [0.2, 0.25) is 0 Å². The highest BCUT2D eigenvalue weighted by molar-refractivity contribution is 7.91. The molecular weight excluding hydrogens is 432 g/mol. The first-order valence-electron chi connectivity index (χ1n) is 10.4. The van der Waals surface area contributed by atoms with E-state index in [0.717, 1.165) is 17.1 Å². The molecule has 6 heteroatoms. The van der Waals surface area contributed by atoms with Gasteiger partial charge in [-0.05, 0) is 60.0 Å². The monoisotopic (exact) mass is 452 g/mol. The molecule has 1 N–H and O–H groups in total. The summed E-state index contributed by atoms with van der Waals surface area (Å²) >= 11 is 0. The maximum absolute atomic E-state index is 13.0. The van der Waals surface area contributed by atoms with Crippen LogP contribution in [0.5, 0.6) is 0 Å². The summed E-state index contributed by atoms with van der Waals surface area (Å²) in [6.45, 7) is 0. The fourth-order valence-corrected chi connectivity index (χ4v) is 5.18. The van der Waals surface area contributed by atoms with E-state index in [1.165, 1.54) is 18.2 Å². The summed E-state index contributed by atoms with van der Waals surface area (Å²) < 4.78 is 26.0. The molecule has 0 amide bonds. The van der Waals surface area contributed by atoms with Crippen molar-refractivity contribution in [1.29, 1.82) is 0 Å². The number of nitrogens with one attached hydrogen (secondary N) is 1. The quantitative estimate of drug-likeness (QED) is 0.364. The molecule has 5 aromatic rings. The lowest BCUT2D eigenvalue weighted by Gasteiger charge is -2.25. The normalized spacial score (nSPS) is 11.4. The Morgan fingerprint density at radius 1 is 0.606 bits per heavy atom. The van der Waals surface area contributed by atoms with Crippen LogP contribution in [-0.4, -0.2) is 13.4 Å². The van der Waals surface area contributed by atoms with Gasteiger partial charge in [-0.3, -0.25) is 4.79 Å². The minimum Gasteiger partial charge on any atom is -0.321 e. The van der Waals surface area contributed by atoms with E-state index < -0.39 is 15.4 Å². The molecule has 1 heterocycles. The highest BCUT2D eigenvalue weighted by atomic mass is 32.2. The van der Waals surface area contributed by atoms with Gasteiger partial charge in [0, 0.05) is 17.1 Å². The van der Waals surface area contributed by atoms with Crippen LogP contribution < -0.4 is 10.5 Å². The first-order valence-corrected chi connectivity index (χ1v) is 11.9. The smallest absolute Gasteiger partial charge is 0.267 e. The summed E-state index contributed by atoms with van der Waals surface area (Å²) in [6, 6.07) is 34.8. The molecule has 0 unspecified atom stereocenters. The Labute approximate surface area is 191 Å². The van der Waals surface area contributed by atoms with Crippen LogP contribution in [0.3, 0.4) is 0 Å². The lowest BCUT2D eigenvalue weighted by atomic mass is 10.1. The van der Waals surface area contributed by atoms with E-state index in [2.05, 4.69) is 9.88 Å². The van der Waals surface area contributed by atoms with Gasteiger partial charge in [-0.25, -0.2) is 8.42 Å². The summed E-state index contributed by atoms with van der Waals surface area (Å²) in [4.78, 5) is 17.5. The van der Waals surface area contributed by atoms with Crippen molar-refractivity contribution in [3.8, 4) is 0 Å².